The molecule has 0 spiro atoms. The molecule has 6 aromatic rings. The lowest BCUT2D eigenvalue weighted by Gasteiger charge is -2.41. The van der Waals surface area contributed by atoms with Gasteiger partial charge in [0.2, 0.25) is 0 Å². The third-order valence-corrected chi connectivity index (χ3v) is 12.1. The van der Waals surface area contributed by atoms with Crippen molar-refractivity contribution in [3.8, 4) is 0 Å². The highest BCUT2D eigenvalue weighted by atomic mass is 19.3. The standard InChI is InChI=1S/C46H53F5N12O5/c1-44(2,66)35(47)24-54-41(64)30-22-52-38(58-26-9-15-61-27(18-26)7-13-56-61)20-33(30)59-32-11-17-68-43(40(32)49)63(29-10-16-62-28(19-29)8-14-57-62)39-21-34(60-37-6-5-12-46(37,50)51)31(23-53-39)42(65)55-25-36(48)45(3,4)67/h7-10,13-16,18-23,32,35-37,40,43,66-67H,5-6,11-12,17,24-25H2,1-4H3,(H,53,60)(H,54,64)(H,55,65)(H2,52,58,59). The second-order valence-electron chi connectivity index (χ2n) is 18.2. The predicted octanol–water partition coefficient (Wildman–Crippen LogP) is 6.50. The molecule has 6 aromatic heterocycles. The van der Waals surface area contributed by atoms with Crippen LogP contribution >= 0.6 is 0 Å². The molecule has 0 aromatic carbocycles. The van der Waals surface area contributed by atoms with Crippen molar-refractivity contribution in [3.63, 3.8) is 0 Å². The number of anilines is 6. The van der Waals surface area contributed by atoms with E-state index in [0.717, 1.165) is 11.7 Å². The SMILES string of the molecule is CC(C)(O)C(F)CNC(=O)c1cnc(Nc2ccn3nccc3c2)cc1NC1CCOC(N(c2ccn3nccc3c2)c2cc(NC3CCCC3(F)F)c(C(=O)NCC(F)C(C)(C)O)cn2)C1F. The fraction of sp³-hybridized carbons (Fsp3) is 0.435. The van der Waals surface area contributed by atoms with Gasteiger partial charge in [-0.3, -0.25) is 14.5 Å². The topological polar surface area (TPSA) is 208 Å². The quantitative estimate of drug-likeness (QED) is 0.0489. The van der Waals surface area contributed by atoms with Gasteiger partial charge in [-0.05, 0) is 83.4 Å². The second kappa shape index (κ2) is 19.2. The van der Waals surface area contributed by atoms with Crippen LogP contribution in [-0.2, 0) is 4.74 Å². The summed E-state index contributed by atoms with van der Waals surface area (Å²) in [4.78, 5) is 37.7. The lowest BCUT2D eigenvalue weighted by Crippen LogP contribution is -2.53. The van der Waals surface area contributed by atoms with E-state index in [1.807, 2.05) is 6.07 Å². The average Bonchev–Trinajstić information content (AvgIpc) is 4.05. The normalized spacial score (nSPS) is 20.5. The van der Waals surface area contributed by atoms with Crippen molar-refractivity contribution < 1.29 is 46.5 Å². The van der Waals surface area contributed by atoms with Crippen LogP contribution in [0.1, 0.15) is 74.1 Å². The summed E-state index contributed by atoms with van der Waals surface area (Å²) < 4.78 is 87.0. The van der Waals surface area contributed by atoms with Gasteiger partial charge in [0.15, 0.2) is 12.4 Å². The largest absolute Gasteiger partial charge is 0.387 e. The third-order valence-electron chi connectivity index (χ3n) is 12.1. The van der Waals surface area contributed by atoms with Crippen molar-refractivity contribution in [1.29, 1.82) is 0 Å². The molecule has 0 radical (unpaired) electrons. The molecule has 6 atom stereocenters. The Morgan fingerprint density at radius 3 is 2.06 bits per heavy atom. The number of fused-ring (bicyclic) bond motifs is 2. The van der Waals surface area contributed by atoms with Crippen LogP contribution in [0.4, 0.5) is 56.3 Å². The van der Waals surface area contributed by atoms with Crippen LogP contribution in [0.15, 0.2) is 85.7 Å². The number of pyridine rings is 4. The van der Waals surface area contributed by atoms with E-state index in [4.69, 9.17) is 4.74 Å². The highest BCUT2D eigenvalue weighted by Gasteiger charge is 2.45. The maximum absolute atomic E-state index is 17.6. The number of hydrogen-bond donors (Lipinski definition) is 7. The summed E-state index contributed by atoms with van der Waals surface area (Å²) >= 11 is 0. The number of ether oxygens (including phenoxy) is 1. The monoisotopic (exact) mass is 948 g/mol. The first kappa shape index (κ1) is 47.8. The van der Waals surface area contributed by atoms with E-state index in [9.17, 15) is 28.6 Å². The molecule has 2 aliphatic rings. The Hall–Kier alpha value is -6.65. The van der Waals surface area contributed by atoms with Crippen molar-refractivity contribution >= 4 is 57.2 Å². The van der Waals surface area contributed by atoms with Gasteiger partial charge in [0.25, 0.3) is 17.7 Å². The van der Waals surface area contributed by atoms with Crippen LogP contribution in [0.5, 0.6) is 0 Å². The van der Waals surface area contributed by atoms with E-state index in [1.165, 1.54) is 50.9 Å². The Labute approximate surface area is 387 Å². The summed E-state index contributed by atoms with van der Waals surface area (Å²) in [5.41, 5.74) is -1.40. The van der Waals surface area contributed by atoms with Crippen LogP contribution in [0.2, 0.25) is 0 Å². The van der Waals surface area contributed by atoms with Gasteiger partial charge < -0.3 is 41.5 Å². The summed E-state index contributed by atoms with van der Waals surface area (Å²) in [6.45, 7) is 3.88. The summed E-state index contributed by atoms with van der Waals surface area (Å²) in [6, 6.07) is 10.8. The lowest BCUT2D eigenvalue weighted by molar-refractivity contribution is -0.0414. The van der Waals surface area contributed by atoms with Gasteiger partial charge in [-0.25, -0.2) is 41.0 Å². The summed E-state index contributed by atoms with van der Waals surface area (Å²) in [6.07, 6.45) is 1.83. The van der Waals surface area contributed by atoms with E-state index in [2.05, 4.69) is 46.7 Å². The number of aliphatic hydroxyl groups is 2. The maximum Gasteiger partial charge on any atom is 0.267 e. The van der Waals surface area contributed by atoms with Crippen LogP contribution < -0.4 is 31.5 Å². The number of halogens is 5. The molecular formula is C46H53F5N12O5. The average molecular weight is 949 g/mol. The molecule has 8 rings (SSSR count). The van der Waals surface area contributed by atoms with E-state index < -0.39 is 78.9 Å². The first-order valence-electron chi connectivity index (χ1n) is 22.1. The Kier molecular flexibility index (Phi) is 13.5. The summed E-state index contributed by atoms with van der Waals surface area (Å²) in [5, 5.41) is 42.9. The number of amides is 2. The number of aromatic nitrogens is 6. The first-order valence-corrected chi connectivity index (χ1v) is 22.1. The van der Waals surface area contributed by atoms with Gasteiger partial charge in [0.1, 0.15) is 24.0 Å². The molecule has 68 heavy (non-hydrogen) atoms. The van der Waals surface area contributed by atoms with E-state index in [-0.39, 0.29) is 66.4 Å². The fourth-order valence-electron chi connectivity index (χ4n) is 8.00. The second-order valence-corrected chi connectivity index (χ2v) is 18.2. The first-order chi connectivity index (χ1) is 32.2. The number of carbonyl (C=O) groups excluding carboxylic acids is 2. The third kappa shape index (κ3) is 10.6. The van der Waals surface area contributed by atoms with Crippen LogP contribution in [0.3, 0.4) is 0 Å². The van der Waals surface area contributed by atoms with Crippen molar-refractivity contribution in [2.24, 2.45) is 0 Å². The smallest absolute Gasteiger partial charge is 0.267 e. The van der Waals surface area contributed by atoms with Gasteiger partial charge in [-0.1, -0.05) is 0 Å². The van der Waals surface area contributed by atoms with Gasteiger partial charge in [0.05, 0.1) is 76.5 Å². The van der Waals surface area contributed by atoms with Crippen LogP contribution in [0, 0.1) is 0 Å². The van der Waals surface area contributed by atoms with E-state index in [1.54, 1.807) is 64.2 Å². The highest BCUT2D eigenvalue weighted by Crippen LogP contribution is 2.40. The molecule has 1 saturated heterocycles. The number of nitrogens with one attached hydrogen (secondary N) is 5. The molecule has 2 fully saturated rings. The molecule has 362 valence electrons. The number of carbonyl (C=O) groups is 2. The van der Waals surface area contributed by atoms with Gasteiger partial charge >= 0.3 is 0 Å². The molecule has 6 unspecified atom stereocenters. The summed E-state index contributed by atoms with van der Waals surface area (Å²) in [7, 11) is 0. The molecule has 17 nitrogen and oxygen atoms in total. The van der Waals surface area contributed by atoms with Crippen molar-refractivity contribution in [2.75, 3.05) is 40.5 Å². The van der Waals surface area contributed by atoms with Crippen molar-refractivity contribution in [2.45, 2.75) is 107 Å². The Balaban J connectivity index is 1.15. The van der Waals surface area contributed by atoms with E-state index in [0.29, 0.717) is 16.9 Å². The highest BCUT2D eigenvalue weighted by molar-refractivity contribution is 6.00. The Bertz CT molecular complexity index is 2760. The zero-order chi connectivity index (χ0) is 48.5. The predicted molar refractivity (Wildman–Crippen MR) is 244 cm³/mol. The van der Waals surface area contributed by atoms with Crippen LogP contribution in [-0.4, -0.2) is 125 Å². The van der Waals surface area contributed by atoms with Crippen molar-refractivity contribution in [1.82, 2.24) is 39.8 Å². The van der Waals surface area contributed by atoms with Gasteiger partial charge in [0, 0.05) is 67.1 Å². The number of rotatable bonds is 17. The molecule has 7 N–H and O–H groups in total. The van der Waals surface area contributed by atoms with Crippen molar-refractivity contribution in [3.05, 3.63) is 96.8 Å². The van der Waals surface area contributed by atoms with Gasteiger partial charge in [-0.2, -0.15) is 10.2 Å². The molecule has 22 heteroatoms. The zero-order valence-corrected chi connectivity index (χ0v) is 37.6. The molecular weight excluding hydrogens is 896 g/mol. The molecule has 7 heterocycles. The van der Waals surface area contributed by atoms with Crippen LogP contribution in [0.25, 0.3) is 11.0 Å². The number of hydrogen-bond acceptors (Lipinski definition) is 13. The molecule has 1 aliphatic carbocycles. The molecule has 2 amide bonds. The van der Waals surface area contributed by atoms with E-state index >= 15 is 13.2 Å². The Morgan fingerprint density at radius 2 is 1.44 bits per heavy atom. The maximum atomic E-state index is 17.6. The number of nitrogens with zero attached hydrogens (tertiary/aromatic N) is 7. The lowest BCUT2D eigenvalue weighted by atomic mass is 10.0. The van der Waals surface area contributed by atoms with Gasteiger partial charge in [-0.15, -0.1) is 0 Å². The molecule has 1 aliphatic heterocycles. The minimum Gasteiger partial charge on any atom is -0.387 e. The molecule has 1 saturated carbocycles. The zero-order valence-electron chi connectivity index (χ0n) is 37.6. The minimum atomic E-state index is -3.14. The number of alkyl halides is 5. The summed E-state index contributed by atoms with van der Waals surface area (Å²) in [5.74, 6) is -4.49. The minimum absolute atomic E-state index is 0.0133. The Morgan fingerprint density at radius 1 is 0.838 bits per heavy atom. The fourth-order valence-corrected chi connectivity index (χ4v) is 8.00. The molecule has 0 bridgehead atoms.